The Morgan fingerprint density at radius 2 is 2.12 bits per heavy atom. The normalized spacial score (nSPS) is 30.6. The van der Waals surface area contributed by atoms with Gasteiger partial charge in [0.05, 0.1) is 12.2 Å². The van der Waals surface area contributed by atoms with Gasteiger partial charge in [0.25, 0.3) is 0 Å². The summed E-state index contributed by atoms with van der Waals surface area (Å²) < 4.78 is 11.0. The fourth-order valence-corrected chi connectivity index (χ4v) is 2.20. The van der Waals surface area contributed by atoms with Crippen molar-refractivity contribution in [1.82, 2.24) is 0 Å². The molecule has 1 rings (SSSR count). The first-order chi connectivity index (χ1) is 7.48. The smallest absolute Gasteiger partial charge is 0.162 e. The van der Waals surface area contributed by atoms with Gasteiger partial charge < -0.3 is 14.6 Å². The highest BCUT2D eigenvalue weighted by atomic mass is 16.7. The minimum Gasteiger partial charge on any atom is -0.390 e. The van der Waals surface area contributed by atoms with E-state index in [-0.39, 0.29) is 12.2 Å². The number of hydrogen-bond donors (Lipinski definition) is 1. The van der Waals surface area contributed by atoms with Crippen molar-refractivity contribution in [1.29, 1.82) is 0 Å². The number of hydrogen-bond acceptors (Lipinski definition) is 3. The van der Waals surface area contributed by atoms with E-state index in [9.17, 15) is 5.11 Å². The van der Waals surface area contributed by atoms with E-state index in [4.69, 9.17) is 9.47 Å². The number of methoxy groups -OCH3 is 1. The molecule has 0 saturated heterocycles. The summed E-state index contributed by atoms with van der Waals surface area (Å²) in [5.74, 6) is -0.0652. The van der Waals surface area contributed by atoms with Crippen molar-refractivity contribution in [2.75, 3.05) is 7.11 Å². The van der Waals surface area contributed by atoms with Crippen LogP contribution in [0.25, 0.3) is 0 Å². The van der Waals surface area contributed by atoms with Gasteiger partial charge in [-0.1, -0.05) is 6.08 Å². The summed E-state index contributed by atoms with van der Waals surface area (Å²) >= 11 is 0. The zero-order valence-corrected chi connectivity index (χ0v) is 10.6. The molecule has 0 aromatic carbocycles. The van der Waals surface area contributed by atoms with Crippen molar-refractivity contribution in [3.8, 4) is 0 Å². The van der Waals surface area contributed by atoms with E-state index in [0.717, 1.165) is 25.7 Å². The van der Waals surface area contributed by atoms with E-state index < -0.39 is 5.79 Å². The fourth-order valence-electron chi connectivity index (χ4n) is 2.20. The molecule has 0 unspecified atom stereocenters. The molecule has 3 nitrogen and oxygen atoms in total. The largest absolute Gasteiger partial charge is 0.390 e. The maximum atomic E-state index is 9.91. The van der Waals surface area contributed by atoms with Crippen molar-refractivity contribution >= 4 is 0 Å². The molecule has 1 saturated carbocycles. The Labute approximate surface area is 98.4 Å². The Hall–Kier alpha value is -0.380. The zero-order valence-electron chi connectivity index (χ0n) is 10.6. The summed E-state index contributed by atoms with van der Waals surface area (Å²) in [5.41, 5.74) is 0. The van der Waals surface area contributed by atoms with Crippen molar-refractivity contribution < 1.29 is 14.6 Å². The number of aliphatic hydroxyl groups excluding tert-OH is 1. The van der Waals surface area contributed by atoms with E-state index in [1.54, 1.807) is 7.11 Å². The Morgan fingerprint density at radius 1 is 1.44 bits per heavy atom. The van der Waals surface area contributed by atoms with Gasteiger partial charge in [-0.2, -0.15) is 0 Å². The molecule has 0 heterocycles. The van der Waals surface area contributed by atoms with Crippen LogP contribution in [-0.4, -0.2) is 30.2 Å². The van der Waals surface area contributed by atoms with E-state index in [0.29, 0.717) is 5.92 Å². The Bertz CT molecular complexity index is 225. The molecule has 0 aromatic heterocycles. The summed E-state index contributed by atoms with van der Waals surface area (Å²) in [6.07, 6.45) is 5.33. The molecule has 0 aliphatic heterocycles. The van der Waals surface area contributed by atoms with Gasteiger partial charge in [-0.05, 0) is 45.4 Å². The molecule has 94 valence electrons. The molecule has 1 fully saturated rings. The fraction of sp³-hybridized carbons (Fsp3) is 0.846. The van der Waals surface area contributed by atoms with Crippen LogP contribution in [0, 0.1) is 5.92 Å². The van der Waals surface area contributed by atoms with E-state index in [2.05, 4.69) is 6.58 Å². The van der Waals surface area contributed by atoms with Crippen molar-refractivity contribution in [3.63, 3.8) is 0 Å². The Morgan fingerprint density at radius 3 is 2.69 bits per heavy atom. The van der Waals surface area contributed by atoms with E-state index >= 15 is 0 Å². The van der Waals surface area contributed by atoms with Crippen LogP contribution in [0.3, 0.4) is 0 Å². The van der Waals surface area contributed by atoms with Crippen LogP contribution in [-0.2, 0) is 9.47 Å². The van der Waals surface area contributed by atoms with Crippen LogP contribution >= 0.6 is 0 Å². The second-order valence-electron chi connectivity index (χ2n) is 5.03. The predicted octanol–water partition coefficient (Wildman–Crippen LogP) is 2.49. The number of ether oxygens (including phenoxy) is 2. The molecule has 3 atom stereocenters. The number of rotatable bonds is 6. The molecule has 0 amide bonds. The highest BCUT2D eigenvalue weighted by molar-refractivity contribution is 4.86. The maximum absolute atomic E-state index is 9.91. The molecular weight excluding hydrogens is 204 g/mol. The second kappa shape index (κ2) is 5.80. The lowest BCUT2D eigenvalue weighted by atomic mass is 10.0. The van der Waals surface area contributed by atoms with Gasteiger partial charge in [0.15, 0.2) is 5.79 Å². The van der Waals surface area contributed by atoms with Crippen LogP contribution in [0.1, 0.15) is 39.5 Å². The highest BCUT2D eigenvalue weighted by Gasteiger charge is 2.36. The molecule has 1 aliphatic rings. The molecule has 3 heteroatoms. The van der Waals surface area contributed by atoms with Crippen LogP contribution in [0.2, 0.25) is 0 Å². The predicted molar refractivity (Wildman–Crippen MR) is 64.1 cm³/mol. The van der Waals surface area contributed by atoms with Gasteiger partial charge in [-0.3, -0.25) is 0 Å². The standard InChI is InChI=1S/C13H24O3/c1-5-6-7-10-8-11(14)12(9-10)16-13(2,3)15-4/h5,10-12,14H,1,6-9H2,2-4H3/t10-,11-,12+/m0/s1. The second-order valence-corrected chi connectivity index (χ2v) is 5.03. The zero-order chi connectivity index (χ0) is 12.2. The molecule has 0 radical (unpaired) electrons. The number of allylic oxidation sites excluding steroid dienone is 1. The quantitative estimate of drug-likeness (QED) is 0.560. The highest BCUT2D eigenvalue weighted by Crippen LogP contribution is 2.33. The minimum absolute atomic E-state index is 0.0928. The summed E-state index contributed by atoms with van der Waals surface area (Å²) in [6, 6.07) is 0. The lowest BCUT2D eigenvalue weighted by Crippen LogP contribution is -2.36. The van der Waals surface area contributed by atoms with Crippen LogP contribution in [0.5, 0.6) is 0 Å². The van der Waals surface area contributed by atoms with Crippen LogP contribution in [0.4, 0.5) is 0 Å². The maximum Gasteiger partial charge on any atom is 0.162 e. The van der Waals surface area contributed by atoms with E-state index in [1.165, 1.54) is 0 Å². The average Bonchev–Trinajstić information content (AvgIpc) is 2.56. The van der Waals surface area contributed by atoms with E-state index in [1.807, 2.05) is 19.9 Å². The minimum atomic E-state index is -0.612. The van der Waals surface area contributed by atoms with Crippen LogP contribution < -0.4 is 0 Å². The molecule has 0 spiro atoms. The van der Waals surface area contributed by atoms with Crippen molar-refractivity contribution in [2.45, 2.75) is 57.5 Å². The molecule has 16 heavy (non-hydrogen) atoms. The lowest BCUT2D eigenvalue weighted by Gasteiger charge is -2.29. The van der Waals surface area contributed by atoms with Gasteiger partial charge >= 0.3 is 0 Å². The topological polar surface area (TPSA) is 38.7 Å². The van der Waals surface area contributed by atoms with Gasteiger partial charge in [0, 0.05) is 7.11 Å². The van der Waals surface area contributed by atoms with Crippen LogP contribution in [0.15, 0.2) is 12.7 Å². The van der Waals surface area contributed by atoms with Crippen molar-refractivity contribution in [2.24, 2.45) is 5.92 Å². The summed E-state index contributed by atoms with van der Waals surface area (Å²) in [7, 11) is 1.62. The lowest BCUT2D eigenvalue weighted by molar-refractivity contribution is -0.235. The molecule has 0 aromatic rings. The Kier molecular flexibility index (Phi) is 4.96. The SMILES string of the molecule is C=CCC[C@H]1C[C@H](O)[C@H](OC(C)(C)OC)C1. The average molecular weight is 228 g/mol. The molecule has 0 bridgehead atoms. The third-order valence-corrected chi connectivity index (χ3v) is 3.28. The first-order valence-corrected chi connectivity index (χ1v) is 6.00. The molecule has 1 aliphatic carbocycles. The van der Waals surface area contributed by atoms with Gasteiger partial charge in [0.1, 0.15) is 0 Å². The molecular formula is C13H24O3. The summed E-state index contributed by atoms with van der Waals surface area (Å²) in [4.78, 5) is 0. The van der Waals surface area contributed by atoms with Gasteiger partial charge in [-0.25, -0.2) is 0 Å². The molecule has 1 N–H and O–H groups in total. The Balaban J connectivity index is 2.42. The van der Waals surface area contributed by atoms with Gasteiger partial charge in [0.2, 0.25) is 0 Å². The monoisotopic (exact) mass is 228 g/mol. The first kappa shape index (κ1) is 13.7. The first-order valence-electron chi connectivity index (χ1n) is 6.00. The van der Waals surface area contributed by atoms with Gasteiger partial charge in [-0.15, -0.1) is 6.58 Å². The summed E-state index contributed by atoms with van der Waals surface area (Å²) in [6.45, 7) is 7.46. The van der Waals surface area contributed by atoms with Crippen molar-refractivity contribution in [3.05, 3.63) is 12.7 Å². The number of aliphatic hydroxyl groups is 1. The third-order valence-electron chi connectivity index (χ3n) is 3.28. The summed E-state index contributed by atoms with van der Waals surface area (Å²) in [5, 5.41) is 9.91. The third kappa shape index (κ3) is 3.89.